The van der Waals surface area contributed by atoms with Gasteiger partial charge in [0, 0.05) is 11.8 Å². The number of rotatable bonds is 7. The molecule has 0 saturated carbocycles. The van der Waals surface area contributed by atoms with Crippen LogP contribution in [0.3, 0.4) is 0 Å². The molecule has 0 aliphatic carbocycles. The van der Waals surface area contributed by atoms with Crippen LogP contribution in [0.15, 0.2) is 36.5 Å². The van der Waals surface area contributed by atoms with Crippen molar-refractivity contribution in [1.29, 1.82) is 0 Å². The predicted molar refractivity (Wildman–Crippen MR) is 125 cm³/mol. The topological polar surface area (TPSA) is 146 Å². The average molecular weight is 536 g/mol. The summed E-state index contributed by atoms with van der Waals surface area (Å²) in [5, 5.41) is 17.4. The zero-order valence-corrected chi connectivity index (χ0v) is 19.6. The molecule has 3 heterocycles. The van der Waals surface area contributed by atoms with Crippen molar-refractivity contribution in [2.75, 3.05) is 5.32 Å². The summed E-state index contributed by atoms with van der Waals surface area (Å²) in [6.07, 6.45) is -4.02. The van der Waals surface area contributed by atoms with E-state index in [9.17, 15) is 37.3 Å². The molecule has 0 atom stereocenters. The SMILES string of the molecule is Cc1c([N+](=O)[O-])cnn1CCC(=O)Nc1c(C(N)=O)sc2nc(C(F)(F)F)cc(-c3ccc(F)cc3)c12. The number of halogens is 4. The first-order valence-electron chi connectivity index (χ1n) is 10.4. The molecule has 3 aromatic heterocycles. The van der Waals surface area contributed by atoms with Gasteiger partial charge < -0.3 is 11.1 Å². The van der Waals surface area contributed by atoms with Crippen molar-refractivity contribution in [1.82, 2.24) is 14.8 Å². The number of nitrogens with zero attached hydrogens (tertiary/aromatic N) is 4. The number of carbonyl (C=O) groups excluding carboxylic acids is 2. The molecule has 3 N–H and O–H groups in total. The zero-order valence-electron chi connectivity index (χ0n) is 18.8. The molecule has 37 heavy (non-hydrogen) atoms. The first-order chi connectivity index (χ1) is 17.4. The number of thiophene rings is 1. The number of anilines is 1. The molecule has 4 rings (SSSR count). The zero-order chi connectivity index (χ0) is 27.1. The Labute approximate surface area is 208 Å². The summed E-state index contributed by atoms with van der Waals surface area (Å²) in [4.78, 5) is 38.5. The summed E-state index contributed by atoms with van der Waals surface area (Å²) in [5.74, 6) is -2.28. The Morgan fingerprint density at radius 1 is 1.24 bits per heavy atom. The van der Waals surface area contributed by atoms with Crippen LogP contribution < -0.4 is 11.1 Å². The summed E-state index contributed by atoms with van der Waals surface area (Å²) < 4.78 is 55.4. The summed E-state index contributed by atoms with van der Waals surface area (Å²) >= 11 is 0.573. The average Bonchev–Trinajstić information content (AvgIpc) is 3.37. The van der Waals surface area contributed by atoms with Gasteiger partial charge in [0.1, 0.15) is 33.1 Å². The van der Waals surface area contributed by atoms with Crippen LogP contribution in [0.2, 0.25) is 0 Å². The largest absolute Gasteiger partial charge is 0.433 e. The summed E-state index contributed by atoms with van der Waals surface area (Å²) in [7, 11) is 0. The second kappa shape index (κ2) is 9.57. The van der Waals surface area contributed by atoms with E-state index in [1.807, 2.05) is 0 Å². The van der Waals surface area contributed by atoms with E-state index >= 15 is 0 Å². The Balaban J connectivity index is 1.77. The van der Waals surface area contributed by atoms with Gasteiger partial charge in [0.2, 0.25) is 5.91 Å². The maximum absolute atomic E-state index is 13.6. The van der Waals surface area contributed by atoms with E-state index in [1.165, 1.54) is 23.7 Å². The van der Waals surface area contributed by atoms with Crippen molar-refractivity contribution in [3.05, 3.63) is 68.7 Å². The molecule has 15 heteroatoms. The number of fused-ring (bicyclic) bond motifs is 1. The minimum absolute atomic E-state index is 0.0256. The van der Waals surface area contributed by atoms with E-state index in [2.05, 4.69) is 15.4 Å². The third-order valence-electron chi connectivity index (χ3n) is 5.42. The Kier molecular flexibility index (Phi) is 6.64. The molecule has 0 aliphatic heterocycles. The van der Waals surface area contributed by atoms with Gasteiger partial charge in [0.15, 0.2) is 0 Å². The van der Waals surface area contributed by atoms with E-state index in [-0.39, 0.29) is 56.3 Å². The van der Waals surface area contributed by atoms with Crippen molar-refractivity contribution in [2.45, 2.75) is 26.1 Å². The van der Waals surface area contributed by atoms with Crippen LogP contribution in [0, 0.1) is 22.9 Å². The smallest absolute Gasteiger partial charge is 0.365 e. The van der Waals surface area contributed by atoms with E-state index in [0.29, 0.717) is 11.3 Å². The quantitative estimate of drug-likeness (QED) is 0.200. The molecule has 0 spiro atoms. The minimum atomic E-state index is -4.83. The lowest BCUT2D eigenvalue weighted by atomic mass is 10.0. The number of nitrogens with one attached hydrogen (secondary N) is 1. The number of aromatic nitrogens is 3. The molecule has 0 unspecified atom stereocenters. The van der Waals surface area contributed by atoms with Crippen molar-refractivity contribution in [3.63, 3.8) is 0 Å². The molecule has 10 nitrogen and oxygen atoms in total. The van der Waals surface area contributed by atoms with Gasteiger partial charge in [-0.1, -0.05) is 12.1 Å². The number of hydrogen-bond donors (Lipinski definition) is 2. The number of nitro groups is 1. The van der Waals surface area contributed by atoms with E-state index in [4.69, 9.17) is 5.73 Å². The number of amides is 2. The molecule has 2 amide bonds. The number of alkyl halides is 3. The molecule has 0 bridgehead atoms. The molecular formula is C22H16F4N6O4S. The molecular weight excluding hydrogens is 520 g/mol. The normalized spacial score (nSPS) is 11.6. The van der Waals surface area contributed by atoms with Crippen LogP contribution in [0.4, 0.5) is 28.9 Å². The highest BCUT2D eigenvalue weighted by Gasteiger charge is 2.35. The Morgan fingerprint density at radius 3 is 2.49 bits per heavy atom. The van der Waals surface area contributed by atoms with Gasteiger partial charge in [0.05, 0.1) is 17.2 Å². The number of carbonyl (C=O) groups is 2. The number of primary amides is 1. The molecule has 0 aliphatic rings. The fourth-order valence-electron chi connectivity index (χ4n) is 3.64. The first-order valence-corrected chi connectivity index (χ1v) is 11.3. The third-order valence-corrected chi connectivity index (χ3v) is 6.52. The minimum Gasteiger partial charge on any atom is -0.365 e. The van der Waals surface area contributed by atoms with Crippen LogP contribution in [0.5, 0.6) is 0 Å². The van der Waals surface area contributed by atoms with Gasteiger partial charge in [-0.25, -0.2) is 9.37 Å². The van der Waals surface area contributed by atoms with Gasteiger partial charge in [-0.3, -0.25) is 24.4 Å². The fourth-order valence-corrected chi connectivity index (χ4v) is 4.65. The Hall–Kier alpha value is -4.40. The van der Waals surface area contributed by atoms with E-state index in [1.54, 1.807) is 0 Å². The maximum atomic E-state index is 13.6. The number of pyridine rings is 1. The van der Waals surface area contributed by atoms with Crippen LogP contribution in [0.25, 0.3) is 21.3 Å². The van der Waals surface area contributed by atoms with Gasteiger partial charge in [-0.2, -0.15) is 18.3 Å². The number of benzene rings is 1. The van der Waals surface area contributed by atoms with Crippen LogP contribution in [0.1, 0.15) is 27.5 Å². The monoisotopic (exact) mass is 536 g/mol. The summed E-state index contributed by atoms with van der Waals surface area (Å²) in [5.41, 5.74) is 4.19. The van der Waals surface area contributed by atoms with Crippen LogP contribution in [-0.4, -0.2) is 31.5 Å². The standard InChI is InChI=1S/C22H16F4N6O4S/c1-10-14(32(35)36)9-28-31(10)7-6-16(33)30-18-17-13(11-2-4-12(23)5-3-11)8-15(22(24,25)26)29-21(17)37-19(18)20(27)34/h2-5,8-9H,6-7H2,1H3,(H2,27,34)(H,30,33). The van der Waals surface area contributed by atoms with Gasteiger partial charge in [-0.15, -0.1) is 11.3 Å². The highest BCUT2D eigenvalue weighted by Crippen LogP contribution is 2.43. The highest BCUT2D eigenvalue weighted by atomic mass is 32.1. The third kappa shape index (κ3) is 5.11. The van der Waals surface area contributed by atoms with Crippen molar-refractivity contribution < 1.29 is 32.1 Å². The predicted octanol–water partition coefficient (Wildman–Crippen LogP) is 4.66. The molecule has 4 aromatic rings. The van der Waals surface area contributed by atoms with E-state index < -0.39 is 34.4 Å². The van der Waals surface area contributed by atoms with Crippen molar-refractivity contribution in [2.24, 2.45) is 5.73 Å². The lowest BCUT2D eigenvalue weighted by molar-refractivity contribution is -0.385. The molecule has 0 fully saturated rings. The number of hydrogen-bond acceptors (Lipinski definition) is 7. The molecule has 1 aromatic carbocycles. The maximum Gasteiger partial charge on any atom is 0.433 e. The van der Waals surface area contributed by atoms with Crippen LogP contribution >= 0.6 is 11.3 Å². The summed E-state index contributed by atoms with van der Waals surface area (Å²) in [6, 6.07) is 5.37. The molecule has 192 valence electrons. The van der Waals surface area contributed by atoms with Gasteiger partial charge in [-0.05, 0) is 36.2 Å². The number of nitrogens with two attached hydrogens (primary N) is 1. The Morgan fingerprint density at radius 2 is 1.92 bits per heavy atom. The molecule has 0 radical (unpaired) electrons. The lowest BCUT2D eigenvalue weighted by Gasteiger charge is -2.12. The molecule has 0 saturated heterocycles. The van der Waals surface area contributed by atoms with Gasteiger partial charge in [0.25, 0.3) is 5.91 Å². The number of aryl methyl sites for hydroxylation is 1. The van der Waals surface area contributed by atoms with Crippen molar-refractivity contribution in [3.8, 4) is 11.1 Å². The van der Waals surface area contributed by atoms with Crippen molar-refractivity contribution >= 4 is 44.7 Å². The second-order valence-corrected chi connectivity index (χ2v) is 8.80. The van der Waals surface area contributed by atoms with E-state index in [0.717, 1.165) is 24.4 Å². The fraction of sp³-hybridized carbons (Fsp3) is 0.182. The first kappa shape index (κ1) is 25.7. The summed E-state index contributed by atoms with van der Waals surface area (Å²) in [6.45, 7) is 1.40. The van der Waals surface area contributed by atoms with Gasteiger partial charge >= 0.3 is 11.9 Å². The van der Waals surface area contributed by atoms with Crippen LogP contribution in [-0.2, 0) is 17.5 Å². The lowest BCUT2D eigenvalue weighted by Crippen LogP contribution is -2.18. The highest BCUT2D eigenvalue weighted by molar-refractivity contribution is 7.21. The second-order valence-electron chi connectivity index (χ2n) is 7.80. The Bertz CT molecular complexity index is 1550.